The third-order valence-corrected chi connectivity index (χ3v) is 22.1. The molecule has 14 aromatic rings. The van der Waals surface area contributed by atoms with Crippen LogP contribution in [0.5, 0.6) is 0 Å². The molecular formula is C113H115ClN6O14. The first kappa shape index (κ1) is 104. The number of amides is 3. The molecule has 12 aromatic carbocycles. The van der Waals surface area contributed by atoms with Crippen molar-refractivity contribution in [2.24, 2.45) is 0 Å². The van der Waals surface area contributed by atoms with Crippen LogP contribution in [0.4, 0.5) is 22.7 Å². The highest BCUT2D eigenvalue weighted by Gasteiger charge is 2.29. The van der Waals surface area contributed by atoms with Crippen LogP contribution < -0.4 is 32.0 Å². The molecular weight excluding hydrogens is 1700 g/mol. The maximum Gasteiger partial charge on any atom is 0.355 e. The Morgan fingerprint density at radius 2 is 0.746 bits per heavy atom. The molecule has 0 aliphatic heterocycles. The van der Waals surface area contributed by atoms with Gasteiger partial charge in [0.15, 0.2) is 6.29 Å². The highest BCUT2D eigenvalue weighted by atomic mass is 35.5. The molecule has 0 unspecified atom stereocenters. The first-order chi connectivity index (χ1) is 64.2. The number of esters is 3. The van der Waals surface area contributed by atoms with E-state index < -0.39 is 29.1 Å². The van der Waals surface area contributed by atoms with E-state index in [-0.39, 0.29) is 68.1 Å². The van der Waals surface area contributed by atoms with Crippen molar-refractivity contribution < 1.29 is 57.7 Å². The Labute approximate surface area is 788 Å². The van der Waals surface area contributed by atoms with Crippen molar-refractivity contribution in [1.29, 1.82) is 0 Å². The van der Waals surface area contributed by atoms with Gasteiger partial charge in [0.25, 0.3) is 34.1 Å². The molecule has 4 N–H and O–H groups in total. The summed E-state index contributed by atoms with van der Waals surface area (Å²) in [5.74, 6) is -2.17. The molecule has 0 aliphatic carbocycles. The number of pyridine rings is 2. The van der Waals surface area contributed by atoms with E-state index in [9.17, 15) is 53.1 Å². The Bertz CT molecular complexity index is 6630. The van der Waals surface area contributed by atoms with Gasteiger partial charge in [-0.3, -0.25) is 62.1 Å². The first-order valence-corrected chi connectivity index (χ1v) is 44.0. The van der Waals surface area contributed by atoms with Crippen LogP contribution in [0.3, 0.4) is 0 Å². The number of aromatic nitrogens is 2. The summed E-state index contributed by atoms with van der Waals surface area (Å²) < 4.78 is 18.3. The Hall–Kier alpha value is -15.5. The number of benzene rings is 12. The number of rotatable bonds is 22. The largest absolute Gasteiger partial charge is 0.465 e. The number of anilines is 4. The fourth-order valence-corrected chi connectivity index (χ4v) is 15.2. The number of nitrogens with one attached hydrogen (secondary N) is 1. The van der Waals surface area contributed by atoms with Gasteiger partial charge < -0.3 is 30.4 Å². The standard InChI is InChI=1S/C21H23NO3.C20H21NO4.C20H19NO3.C18H17NO2.C17H17NO.C10H9ClO.C7H9N/c1-5-17-12-9-11-16(4)20(17)21(24)22(14-19(23)25-6-2)18-13-8-7-10-15(18)3;1-4-25-18(23)12-21(17-11-6-5-8-14(17)2)20(24)19-15(3)9-7-10-16(19)13-22;1-4-24-20(23)17-12-15-10-7-9-14(3)18(15)19(22)21(17)16-11-6-5-8-13(16)2;1-12-6-3-4-9-16(12)19-15(11-20)10-14-8-5-7-13(2)17(14)18(19)21;1-4-14-10-7-9-13(3)16(14)17(19)18-15-11-6-5-8-12(15)2;1-3-8-6-4-5-7(2)9(8)10(11)12;1-6-4-2-3-5-7(6)8/h5,7-13H,1,6,14H2,2-4H3;5-11,13H,4,12H2,1-3H3;5-12H,4H2,1-3H3;3-10,20H,11H2,1-2H3;4-11H,1H2,2-3H3,(H,18,19);3-6H,1H2,2H3;2-5H,8H2,1H3. The molecule has 3 amide bonds. The van der Waals surface area contributed by atoms with Gasteiger partial charge in [0.2, 0.25) is 0 Å². The van der Waals surface area contributed by atoms with Gasteiger partial charge in [0.05, 0.1) is 65.4 Å². The van der Waals surface area contributed by atoms with Gasteiger partial charge in [-0.1, -0.05) is 256 Å². The summed E-state index contributed by atoms with van der Waals surface area (Å²) in [7, 11) is 0. The summed E-state index contributed by atoms with van der Waals surface area (Å²) in [6.45, 7) is 39.5. The Morgan fingerprint density at radius 1 is 0.396 bits per heavy atom. The van der Waals surface area contributed by atoms with E-state index in [0.717, 1.165) is 106 Å². The van der Waals surface area contributed by atoms with Crippen molar-refractivity contribution in [3.63, 3.8) is 0 Å². The van der Waals surface area contributed by atoms with Crippen LogP contribution in [0.2, 0.25) is 0 Å². The number of nitrogen functional groups attached to an aromatic ring is 1. The van der Waals surface area contributed by atoms with Crippen LogP contribution in [-0.4, -0.2) is 94.3 Å². The van der Waals surface area contributed by atoms with E-state index in [1.54, 1.807) is 86.9 Å². The number of aryl methyl sites for hydroxylation is 12. The smallest absolute Gasteiger partial charge is 0.355 e. The number of para-hydroxylation sites is 6. The minimum absolute atomic E-state index is 0.0797. The van der Waals surface area contributed by atoms with Gasteiger partial charge in [-0.15, -0.1) is 0 Å². The maximum absolute atomic E-state index is 13.3. The monoisotopic (exact) mass is 1810 g/mol. The first-order valence-electron chi connectivity index (χ1n) is 43.6. The summed E-state index contributed by atoms with van der Waals surface area (Å²) in [6.07, 6.45) is 5.64. The fourth-order valence-electron chi connectivity index (χ4n) is 15.0. The molecule has 0 saturated carbocycles. The van der Waals surface area contributed by atoms with E-state index in [1.807, 2.05) is 307 Å². The molecule has 688 valence electrons. The third kappa shape index (κ3) is 26.6. The quantitative estimate of drug-likeness (QED) is 0.0187. The number of carbonyl (C=O) groups is 8. The molecule has 0 fully saturated rings. The maximum atomic E-state index is 13.3. The Morgan fingerprint density at radius 3 is 1.15 bits per heavy atom. The number of halogens is 1. The number of aliphatic hydroxyl groups is 1. The van der Waals surface area contributed by atoms with E-state index >= 15 is 0 Å². The summed E-state index contributed by atoms with van der Waals surface area (Å²) in [5, 5.41) is 15.1. The molecule has 0 spiro atoms. The van der Waals surface area contributed by atoms with Crippen molar-refractivity contribution >= 4 is 121 Å². The van der Waals surface area contributed by atoms with Crippen LogP contribution in [0.25, 0.3) is 51.1 Å². The average molecular weight is 1820 g/mol. The Kier molecular flexibility index (Phi) is 39.2. The van der Waals surface area contributed by atoms with Gasteiger partial charge in [-0.25, -0.2) is 4.79 Å². The number of hydrogen-bond acceptors (Lipinski definition) is 15. The van der Waals surface area contributed by atoms with Gasteiger partial charge >= 0.3 is 17.9 Å². The lowest BCUT2D eigenvalue weighted by Gasteiger charge is -2.25. The predicted octanol–water partition coefficient (Wildman–Crippen LogP) is 23.2. The van der Waals surface area contributed by atoms with Crippen LogP contribution in [0.15, 0.2) is 296 Å². The number of aldehydes is 1. The lowest BCUT2D eigenvalue weighted by Crippen LogP contribution is -2.38. The summed E-state index contributed by atoms with van der Waals surface area (Å²) in [5.41, 5.74) is 26.4. The predicted molar refractivity (Wildman–Crippen MR) is 544 cm³/mol. The molecule has 134 heavy (non-hydrogen) atoms. The fraction of sp³-hybridized carbons (Fsp3) is 0.186. The number of aliphatic hydroxyl groups excluding tert-OH is 1. The number of nitrogens with zero attached hydrogens (tertiary/aromatic N) is 4. The second-order valence-corrected chi connectivity index (χ2v) is 31.6. The molecule has 2 heterocycles. The van der Waals surface area contributed by atoms with Gasteiger partial charge in [-0.2, -0.15) is 0 Å². The van der Waals surface area contributed by atoms with Crippen LogP contribution in [0, 0.1) is 83.1 Å². The van der Waals surface area contributed by atoms with Crippen molar-refractivity contribution in [3.05, 3.63) is 430 Å². The average Bonchev–Trinajstić information content (AvgIpc) is 0.766. The Balaban J connectivity index is 0.000000196. The molecule has 21 heteroatoms. The number of nitrogens with two attached hydrogens (primary N) is 1. The second kappa shape index (κ2) is 50.6. The lowest BCUT2D eigenvalue weighted by atomic mass is 10.00. The van der Waals surface area contributed by atoms with Gasteiger partial charge in [0, 0.05) is 39.4 Å². The van der Waals surface area contributed by atoms with Crippen molar-refractivity contribution in [1.82, 2.24) is 9.13 Å². The third-order valence-electron chi connectivity index (χ3n) is 21.9. The molecule has 14 rings (SSSR count). The summed E-state index contributed by atoms with van der Waals surface area (Å²) in [4.78, 5) is 127. The van der Waals surface area contributed by atoms with Gasteiger partial charge in [-0.05, 0) is 258 Å². The van der Waals surface area contributed by atoms with Crippen molar-refractivity contribution in [3.8, 4) is 11.4 Å². The summed E-state index contributed by atoms with van der Waals surface area (Å²) in [6, 6.07) is 82.5. The van der Waals surface area contributed by atoms with Crippen molar-refractivity contribution in [2.45, 2.75) is 110 Å². The van der Waals surface area contributed by atoms with E-state index in [2.05, 4.69) is 25.1 Å². The molecule has 0 bridgehead atoms. The number of hydrogen-bond donors (Lipinski definition) is 3. The van der Waals surface area contributed by atoms with Gasteiger partial charge in [0.1, 0.15) is 18.8 Å². The van der Waals surface area contributed by atoms with E-state index in [0.29, 0.717) is 73.2 Å². The second-order valence-electron chi connectivity index (χ2n) is 31.2. The zero-order chi connectivity index (χ0) is 98.0. The SMILES string of the molecule is C=Cc1cccc(C)c1C(=O)Cl.C=Cc1cccc(C)c1C(=O)N(CC(=O)OCC)c1ccccc1C.C=Cc1cccc(C)c1C(=O)Nc1ccccc1C.CCOC(=O)CN(C(=O)c1c(C)cccc1C=O)c1ccccc1C.CCOC(=O)c1cc2cccc(C)c2c(=O)n1-c1ccccc1C.Cc1ccccc1-n1c(CO)cc2cccc(C)c2c1=O.Cc1ccccc1N. The zero-order valence-electron chi connectivity index (χ0n) is 78.6. The topological polar surface area (TPSA) is 273 Å². The van der Waals surface area contributed by atoms with Crippen molar-refractivity contribution in [2.75, 3.05) is 53.8 Å². The van der Waals surface area contributed by atoms with Crippen LogP contribution in [-0.2, 0) is 30.4 Å². The van der Waals surface area contributed by atoms with Crippen LogP contribution in [0.1, 0.15) is 172 Å². The number of ether oxygens (including phenoxy) is 3. The molecule has 0 saturated heterocycles. The lowest BCUT2D eigenvalue weighted by molar-refractivity contribution is -0.142. The minimum atomic E-state index is -0.500. The molecule has 0 atom stereocenters. The number of fused-ring (bicyclic) bond motifs is 2. The van der Waals surface area contributed by atoms with E-state index in [1.165, 1.54) is 14.4 Å². The summed E-state index contributed by atoms with van der Waals surface area (Å²) >= 11 is 5.41. The van der Waals surface area contributed by atoms with E-state index in [4.69, 9.17) is 31.5 Å². The molecule has 20 nitrogen and oxygen atoms in total. The molecule has 0 radical (unpaired) electrons. The zero-order valence-corrected chi connectivity index (χ0v) is 79.3. The normalized spacial score (nSPS) is 10.3. The highest BCUT2D eigenvalue weighted by Crippen LogP contribution is 2.30. The minimum Gasteiger partial charge on any atom is -0.465 e. The number of carbonyl (C=O) groups excluding carboxylic acids is 8. The molecule has 2 aromatic heterocycles. The van der Waals surface area contributed by atoms with Crippen LogP contribution >= 0.6 is 11.6 Å². The highest BCUT2D eigenvalue weighted by molar-refractivity contribution is 6.68. The molecule has 0 aliphatic rings.